The van der Waals surface area contributed by atoms with Gasteiger partial charge in [0.05, 0.1) is 0 Å². The second-order valence-corrected chi connectivity index (χ2v) is 1.93. The van der Waals surface area contributed by atoms with E-state index in [2.05, 4.69) is 10.3 Å². The van der Waals surface area contributed by atoms with Crippen molar-refractivity contribution in [1.82, 2.24) is 5.32 Å². The van der Waals surface area contributed by atoms with Gasteiger partial charge in [-0.15, -0.1) is 0 Å². The van der Waals surface area contributed by atoms with Gasteiger partial charge in [0.2, 0.25) is 0 Å². The van der Waals surface area contributed by atoms with E-state index < -0.39 is 0 Å². The van der Waals surface area contributed by atoms with Crippen LogP contribution in [0.1, 0.15) is 6.42 Å². The molecule has 4 nitrogen and oxygen atoms in total. The minimum Gasteiger partial charge on any atom is -0.385 e. The summed E-state index contributed by atoms with van der Waals surface area (Å²) in [4.78, 5) is 3.94. The molecule has 4 N–H and O–H groups in total. The Labute approximate surface area is 53.7 Å². The SMILES string of the molecule is N=C(N)C1N=CCCN1. The Hall–Kier alpha value is -0.900. The number of amidine groups is 1. The summed E-state index contributed by atoms with van der Waals surface area (Å²) in [6.07, 6.45) is 2.46. The maximum Gasteiger partial charge on any atom is 0.156 e. The van der Waals surface area contributed by atoms with Crippen LogP contribution in [0.5, 0.6) is 0 Å². The van der Waals surface area contributed by atoms with E-state index in [4.69, 9.17) is 11.1 Å². The predicted octanol–water partition coefficient (Wildman–Crippen LogP) is -0.687. The van der Waals surface area contributed by atoms with Gasteiger partial charge in [0.25, 0.3) is 0 Å². The number of hydrogen-bond donors (Lipinski definition) is 3. The molecule has 0 saturated carbocycles. The topological polar surface area (TPSA) is 74.3 Å². The smallest absolute Gasteiger partial charge is 0.156 e. The minimum atomic E-state index is -0.265. The van der Waals surface area contributed by atoms with Crippen molar-refractivity contribution >= 4 is 12.1 Å². The zero-order valence-electron chi connectivity index (χ0n) is 5.09. The zero-order valence-corrected chi connectivity index (χ0v) is 5.09. The molecule has 0 aliphatic carbocycles. The summed E-state index contributed by atoms with van der Waals surface area (Å²) >= 11 is 0. The lowest BCUT2D eigenvalue weighted by Gasteiger charge is -2.15. The minimum absolute atomic E-state index is 0.0888. The molecule has 4 heteroatoms. The van der Waals surface area contributed by atoms with Gasteiger partial charge in [-0.3, -0.25) is 15.7 Å². The summed E-state index contributed by atoms with van der Waals surface area (Å²) < 4.78 is 0. The van der Waals surface area contributed by atoms with Crippen LogP contribution in [0.3, 0.4) is 0 Å². The van der Waals surface area contributed by atoms with Crippen LogP contribution in [-0.4, -0.2) is 24.8 Å². The summed E-state index contributed by atoms with van der Waals surface area (Å²) in [7, 11) is 0. The summed E-state index contributed by atoms with van der Waals surface area (Å²) in [5.74, 6) is 0.0888. The molecule has 1 rings (SSSR count). The fraction of sp³-hybridized carbons (Fsp3) is 0.600. The molecule has 9 heavy (non-hydrogen) atoms. The standard InChI is InChI=1S/C5H10N4/c6-4(7)5-8-2-1-3-9-5/h2,5,9H,1,3H2,(H3,6,7). The molecule has 0 spiro atoms. The monoisotopic (exact) mass is 126 g/mol. The number of nitrogens with one attached hydrogen (secondary N) is 2. The highest BCUT2D eigenvalue weighted by Crippen LogP contribution is 1.90. The van der Waals surface area contributed by atoms with E-state index in [1.54, 1.807) is 6.21 Å². The van der Waals surface area contributed by atoms with Gasteiger partial charge in [0.1, 0.15) is 5.84 Å². The number of hydrogen-bond acceptors (Lipinski definition) is 3. The van der Waals surface area contributed by atoms with Gasteiger partial charge in [-0.2, -0.15) is 0 Å². The summed E-state index contributed by atoms with van der Waals surface area (Å²) in [6.45, 7) is 0.869. The largest absolute Gasteiger partial charge is 0.385 e. The first kappa shape index (κ1) is 6.22. The molecule has 0 radical (unpaired) electrons. The lowest BCUT2D eigenvalue weighted by Crippen LogP contribution is -2.42. The van der Waals surface area contributed by atoms with Crippen molar-refractivity contribution in [1.29, 1.82) is 5.41 Å². The van der Waals surface area contributed by atoms with Crippen LogP contribution in [0.4, 0.5) is 0 Å². The normalized spacial score (nSPS) is 26.0. The number of nitrogens with two attached hydrogens (primary N) is 1. The third-order valence-corrected chi connectivity index (χ3v) is 1.16. The van der Waals surface area contributed by atoms with Crippen LogP contribution in [0, 0.1) is 5.41 Å². The zero-order chi connectivity index (χ0) is 6.69. The highest BCUT2D eigenvalue weighted by Gasteiger charge is 2.09. The Bertz CT molecular complexity index is 140. The molecule has 1 aliphatic rings. The van der Waals surface area contributed by atoms with E-state index in [1.807, 2.05) is 0 Å². The third kappa shape index (κ3) is 1.50. The molecule has 0 saturated heterocycles. The van der Waals surface area contributed by atoms with Crippen molar-refractivity contribution < 1.29 is 0 Å². The van der Waals surface area contributed by atoms with Crippen LogP contribution in [-0.2, 0) is 0 Å². The molecule has 0 aromatic carbocycles. The molecule has 50 valence electrons. The molecular formula is C5H10N4. The van der Waals surface area contributed by atoms with Crippen molar-refractivity contribution in [2.24, 2.45) is 10.7 Å². The average molecular weight is 126 g/mol. The van der Waals surface area contributed by atoms with Gasteiger partial charge in [0.15, 0.2) is 6.17 Å². The highest BCUT2D eigenvalue weighted by molar-refractivity contribution is 5.84. The van der Waals surface area contributed by atoms with Gasteiger partial charge in [-0.25, -0.2) is 0 Å². The van der Waals surface area contributed by atoms with E-state index in [0.717, 1.165) is 13.0 Å². The Morgan fingerprint density at radius 3 is 3.00 bits per heavy atom. The Morgan fingerprint density at radius 2 is 2.67 bits per heavy atom. The fourth-order valence-electron chi connectivity index (χ4n) is 0.708. The van der Waals surface area contributed by atoms with Crippen molar-refractivity contribution in [3.05, 3.63) is 0 Å². The molecule has 0 aromatic rings. The second-order valence-electron chi connectivity index (χ2n) is 1.93. The average Bonchev–Trinajstić information content (AvgIpc) is 1.90. The van der Waals surface area contributed by atoms with E-state index in [9.17, 15) is 0 Å². The second kappa shape index (κ2) is 2.59. The molecule has 0 fully saturated rings. The number of rotatable bonds is 1. The van der Waals surface area contributed by atoms with Crippen LogP contribution in [0.25, 0.3) is 0 Å². The highest BCUT2D eigenvalue weighted by atomic mass is 15.1. The van der Waals surface area contributed by atoms with E-state index in [1.165, 1.54) is 0 Å². The molecular weight excluding hydrogens is 116 g/mol. The first-order valence-corrected chi connectivity index (χ1v) is 2.89. The van der Waals surface area contributed by atoms with Gasteiger partial charge in [-0.1, -0.05) is 0 Å². The fourth-order valence-corrected chi connectivity index (χ4v) is 0.708. The maximum atomic E-state index is 6.99. The quantitative estimate of drug-likeness (QED) is 0.321. The van der Waals surface area contributed by atoms with Crippen molar-refractivity contribution in [3.63, 3.8) is 0 Å². The predicted molar refractivity (Wildman–Crippen MR) is 36.8 cm³/mol. The van der Waals surface area contributed by atoms with Crippen LogP contribution in [0.15, 0.2) is 4.99 Å². The summed E-state index contributed by atoms with van der Waals surface area (Å²) in [6, 6.07) is 0. The molecule has 1 unspecified atom stereocenters. The summed E-state index contributed by atoms with van der Waals surface area (Å²) in [5.41, 5.74) is 5.17. The van der Waals surface area contributed by atoms with Gasteiger partial charge < -0.3 is 5.73 Å². The number of aliphatic imine (C=N–C) groups is 1. The Kier molecular flexibility index (Phi) is 1.79. The van der Waals surface area contributed by atoms with Crippen molar-refractivity contribution in [2.45, 2.75) is 12.6 Å². The van der Waals surface area contributed by atoms with E-state index in [-0.39, 0.29) is 12.0 Å². The Balaban J connectivity index is 2.50. The molecule has 1 atom stereocenters. The van der Waals surface area contributed by atoms with Crippen LogP contribution >= 0.6 is 0 Å². The maximum absolute atomic E-state index is 6.99. The van der Waals surface area contributed by atoms with Gasteiger partial charge in [-0.05, 0) is 6.42 Å². The third-order valence-electron chi connectivity index (χ3n) is 1.16. The van der Waals surface area contributed by atoms with Crippen molar-refractivity contribution in [2.75, 3.05) is 6.54 Å². The Morgan fingerprint density at radius 1 is 1.89 bits per heavy atom. The molecule has 1 heterocycles. The van der Waals surface area contributed by atoms with Crippen LogP contribution < -0.4 is 11.1 Å². The number of nitrogens with zero attached hydrogens (tertiary/aromatic N) is 1. The van der Waals surface area contributed by atoms with E-state index in [0.29, 0.717) is 0 Å². The summed E-state index contributed by atoms with van der Waals surface area (Å²) in [5, 5.41) is 9.96. The molecule has 1 aliphatic heterocycles. The first-order chi connectivity index (χ1) is 4.30. The molecule has 0 amide bonds. The van der Waals surface area contributed by atoms with Crippen LogP contribution in [0.2, 0.25) is 0 Å². The first-order valence-electron chi connectivity index (χ1n) is 2.89. The van der Waals surface area contributed by atoms with Gasteiger partial charge >= 0.3 is 0 Å². The lowest BCUT2D eigenvalue weighted by molar-refractivity contribution is 0.624. The van der Waals surface area contributed by atoms with E-state index >= 15 is 0 Å². The molecule has 0 bridgehead atoms. The van der Waals surface area contributed by atoms with Crippen molar-refractivity contribution in [3.8, 4) is 0 Å². The lowest BCUT2D eigenvalue weighted by atomic mass is 10.3. The van der Waals surface area contributed by atoms with Gasteiger partial charge in [0, 0.05) is 12.8 Å². The molecule has 0 aromatic heterocycles.